The zero-order valence-corrected chi connectivity index (χ0v) is 12.2. The van der Waals surface area contributed by atoms with Crippen LogP contribution in [0.1, 0.15) is 65.7 Å². The van der Waals surface area contributed by atoms with Gasteiger partial charge in [0.1, 0.15) is 0 Å². The first-order valence-electron chi connectivity index (χ1n) is 7.63. The molecular weight excluding hydrogens is 208 g/mol. The summed E-state index contributed by atoms with van der Waals surface area (Å²) in [6.07, 6.45) is 9.25. The van der Waals surface area contributed by atoms with Gasteiger partial charge in [0, 0.05) is 12.1 Å². The SMILES string of the molecule is CCCCN(CCC)C1(CN)CCCC(C)C1. The van der Waals surface area contributed by atoms with E-state index in [1.165, 1.54) is 58.0 Å². The molecule has 1 aliphatic rings. The maximum atomic E-state index is 6.16. The molecule has 1 fully saturated rings. The average Bonchev–Trinajstić information content (AvgIpc) is 2.34. The summed E-state index contributed by atoms with van der Waals surface area (Å²) in [6.45, 7) is 10.3. The minimum Gasteiger partial charge on any atom is -0.329 e. The van der Waals surface area contributed by atoms with Crippen LogP contribution in [0.2, 0.25) is 0 Å². The zero-order chi connectivity index (χ0) is 12.7. The average molecular weight is 240 g/mol. The summed E-state index contributed by atoms with van der Waals surface area (Å²) in [7, 11) is 0. The molecule has 2 atom stereocenters. The van der Waals surface area contributed by atoms with E-state index in [1.54, 1.807) is 0 Å². The maximum absolute atomic E-state index is 6.16. The Balaban J connectivity index is 2.70. The van der Waals surface area contributed by atoms with Crippen LogP contribution in [0.25, 0.3) is 0 Å². The molecule has 0 saturated heterocycles. The predicted octanol–water partition coefficient (Wildman–Crippen LogP) is 3.41. The van der Waals surface area contributed by atoms with Crippen molar-refractivity contribution in [3.63, 3.8) is 0 Å². The molecule has 1 saturated carbocycles. The summed E-state index contributed by atoms with van der Waals surface area (Å²) in [5.41, 5.74) is 6.48. The Bertz CT molecular complexity index is 205. The first-order chi connectivity index (χ1) is 8.18. The molecular formula is C15H32N2. The maximum Gasteiger partial charge on any atom is 0.0334 e. The molecule has 2 unspecified atom stereocenters. The first kappa shape index (κ1) is 15.0. The standard InChI is InChI=1S/C15H32N2/c1-4-6-11-17(10-5-2)15(13-16)9-7-8-14(3)12-15/h14H,4-13,16H2,1-3H3. The van der Waals surface area contributed by atoms with E-state index >= 15 is 0 Å². The van der Waals surface area contributed by atoms with E-state index in [0.29, 0.717) is 5.54 Å². The molecule has 2 nitrogen and oxygen atoms in total. The lowest BCUT2D eigenvalue weighted by atomic mass is 9.75. The number of hydrogen-bond acceptors (Lipinski definition) is 2. The lowest BCUT2D eigenvalue weighted by molar-refractivity contribution is 0.0377. The zero-order valence-electron chi connectivity index (χ0n) is 12.2. The van der Waals surface area contributed by atoms with Crippen molar-refractivity contribution in [2.45, 2.75) is 71.3 Å². The van der Waals surface area contributed by atoms with E-state index in [1.807, 2.05) is 0 Å². The molecule has 0 radical (unpaired) electrons. The van der Waals surface area contributed by atoms with Crippen molar-refractivity contribution in [2.24, 2.45) is 11.7 Å². The number of nitrogens with zero attached hydrogens (tertiary/aromatic N) is 1. The Kier molecular flexibility index (Phi) is 6.50. The third kappa shape index (κ3) is 3.96. The topological polar surface area (TPSA) is 29.3 Å². The van der Waals surface area contributed by atoms with Crippen molar-refractivity contribution in [2.75, 3.05) is 19.6 Å². The first-order valence-corrected chi connectivity index (χ1v) is 7.63. The highest BCUT2D eigenvalue weighted by atomic mass is 15.2. The second kappa shape index (κ2) is 7.38. The Morgan fingerprint density at radius 2 is 2.00 bits per heavy atom. The van der Waals surface area contributed by atoms with Gasteiger partial charge in [-0.25, -0.2) is 0 Å². The highest BCUT2D eigenvalue weighted by molar-refractivity contribution is 4.95. The fourth-order valence-corrected chi connectivity index (χ4v) is 3.44. The Morgan fingerprint density at radius 3 is 2.53 bits per heavy atom. The van der Waals surface area contributed by atoms with Gasteiger partial charge in [0.2, 0.25) is 0 Å². The van der Waals surface area contributed by atoms with Crippen molar-refractivity contribution in [3.8, 4) is 0 Å². The van der Waals surface area contributed by atoms with Crippen molar-refractivity contribution in [3.05, 3.63) is 0 Å². The quantitative estimate of drug-likeness (QED) is 0.739. The molecule has 0 aromatic rings. The van der Waals surface area contributed by atoms with Gasteiger partial charge in [0.05, 0.1) is 0 Å². The normalized spacial score (nSPS) is 29.8. The van der Waals surface area contributed by atoms with Crippen molar-refractivity contribution in [1.82, 2.24) is 4.90 Å². The summed E-state index contributed by atoms with van der Waals surface area (Å²) in [5, 5.41) is 0. The van der Waals surface area contributed by atoms with E-state index < -0.39 is 0 Å². The van der Waals surface area contributed by atoms with E-state index in [4.69, 9.17) is 5.73 Å². The largest absolute Gasteiger partial charge is 0.329 e. The Hall–Kier alpha value is -0.0800. The molecule has 0 amide bonds. The number of hydrogen-bond donors (Lipinski definition) is 1. The summed E-state index contributed by atoms with van der Waals surface area (Å²) < 4.78 is 0. The van der Waals surface area contributed by atoms with E-state index in [9.17, 15) is 0 Å². The monoisotopic (exact) mass is 240 g/mol. The van der Waals surface area contributed by atoms with Crippen LogP contribution in [0.3, 0.4) is 0 Å². The van der Waals surface area contributed by atoms with Crippen LogP contribution in [-0.2, 0) is 0 Å². The van der Waals surface area contributed by atoms with Crippen molar-refractivity contribution >= 4 is 0 Å². The second-order valence-corrected chi connectivity index (χ2v) is 5.97. The van der Waals surface area contributed by atoms with Gasteiger partial charge >= 0.3 is 0 Å². The lowest BCUT2D eigenvalue weighted by Crippen LogP contribution is -2.56. The summed E-state index contributed by atoms with van der Waals surface area (Å²) in [4.78, 5) is 2.71. The Labute approximate surface area is 108 Å². The van der Waals surface area contributed by atoms with Gasteiger partial charge in [0.15, 0.2) is 0 Å². The molecule has 1 rings (SSSR count). The summed E-state index contributed by atoms with van der Waals surface area (Å²) in [5.74, 6) is 0.855. The van der Waals surface area contributed by atoms with Crippen LogP contribution in [0.4, 0.5) is 0 Å². The van der Waals surface area contributed by atoms with E-state index in [-0.39, 0.29) is 0 Å². The van der Waals surface area contributed by atoms with Gasteiger partial charge in [-0.3, -0.25) is 4.90 Å². The van der Waals surface area contributed by atoms with Crippen LogP contribution in [-0.4, -0.2) is 30.1 Å². The minimum absolute atomic E-state index is 0.322. The molecule has 0 aromatic carbocycles. The molecule has 2 heteroatoms. The molecule has 0 aromatic heterocycles. The smallest absolute Gasteiger partial charge is 0.0334 e. The van der Waals surface area contributed by atoms with Gasteiger partial charge in [-0.15, -0.1) is 0 Å². The van der Waals surface area contributed by atoms with E-state index in [0.717, 1.165) is 12.5 Å². The third-order valence-corrected chi connectivity index (χ3v) is 4.39. The van der Waals surface area contributed by atoms with E-state index in [2.05, 4.69) is 25.7 Å². The molecule has 0 bridgehead atoms. The minimum atomic E-state index is 0.322. The molecule has 0 spiro atoms. The number of rotatable bonds is 7. The van der Waals surface area contributed by atoms with Gasteiger partial charge in [-0.1, -0.05) is 40.0 Å². The van der Waals surface area contributed by atoms with Crippen LogP contribution in [0.5, 0.6) is 0 Å². The second-order valence-electron chi connectivity index (χ2n) is 5.97. The van der Waals surface area contributed by atoms with Gasteiger partial charge in [-0.05, 0) is 44.7 Å². The molecule has 17 heavy (non-hydrogen) atoms. The number of unbranched alkanes of at least 4 members (excludes halogenated alkanes) is 1. The van der Waals surface area contributed by atoms with Gasteiger partial charge in [0.25, 0.3) is 0 Å². The number of nitrogens with two attached hydrogens (primary N) is 1. The third-order valence-electron chi connectivity index (χ3n) is 4.39. The lowest BCUT2D eigenvalue weighted by Gasteiger charge is -2.48. The van der Waals surface area contributed by atoms with Gasteiger partial charge in [-0.2, -0.15) is 0 Å². The fourth-order valence-electron chi connectivity index (χ4n) is 3.44. The van der Waals surface area contributed by atoms with Crippen LogP contribution < -0.4 is 5.73 Å². The van der Waals surface area contributed by atoms with Crippen molar-refractivity contribution in [1.29, 1.82) is 0 Å². The molecule has 1 aliphatic carbocycles. The highest BCUT2D eigenvalue weighted by Gasteiger charge is 2.38. The van der Waals surface area contributed by atoms with Crippen LogP contribution in [0.15, 0.2) is 0 Å². The van der Waals surface area contributed by atoms with Crippen LogP contribution >= 0.6 is 0 Å². The predicted molar refractivity (Wildman–Crippen MR) is 76.2 cm³/mol. The molecule has 2 N–H and O–H groups in total. The van der Waals surface area contributed by atoms with Crippen molar-refractivity contribution < 1.29 is 0 Å². The molecule has 0 aliphatic heterocycles. The molecule has 102 valence electrons. The Morgan fingerprint density at radius 1 is 1.24 bits per heavy atom. The van der Waals surface area contributed by atoms with Crippen LogP contribution in [0, 0.1) is 5.92 Å². The summed E-state index contributed by atoms with van der Waals surface area (Å²) in [6, 6.07) is 0. The highest BCUT2D eigenvalue weighted by Crippen LogP contribution is 2.36. The van der Waals surface area contributed by atoms with Gasteiger partial charge < -0.3 is 5.73 Å². The fraction of sp³-hybridized carbons (Fsp3) is 1.00. The molecule has 0 heterocycles. The summed E-state index contributed by atoms with van der Waals surface area (Å²) >= 11 is 0.